The van der Waals surface area contributed by atoms with Crippen molar-refractivity contribution in [3.8, 4) is 0 Å². The number of nitrogens with zero attached hydrogens (tertiary/aromatic N) is 5. The van der Waals surface area contributed by atoms with Crippen LogP contribution in [0.15, 0.2) is 15.9 Å². The van der Waals surface area contributed by atoms with Crippen molar-refractivity contribution in [2.24, 2.45) is 14.1 Å². The van der Waals surface area contributed by atoms with Gasteiger partial charge >= 0.3 is 5.69 Å². The Hall–Kier alpha value is -2.42. The molecule has 0 spiro atoms. The highest BCUT2D eigenvalue weighted by Gasteiger charge is 2.27. The van der Waals surface area contributed by atoms with Crippen LogP contribution in [-0.4, -0.2) is 55.2 Å². The van der Waals surface area contributed by atoms with Crippen LogP contribution in [0.4, 0.5) is 0 Å². The first-order valence-electron chi connectivity index (χ1n) is 8.56. The molecule has 2 aromatic heterocycles. The Labute approximate surface area is 144 Å². The minimum Gasteiger partial charge on any atom is -0.337 e. The molecule has 1 unspecified atom stereocenters. The first-order valence-corrected chi connectivity index (χ1v) is 8.56. The second kappa shape index (κ2) is 6.83. The maximum Gasteiger partial charge on any atom is 0.332 e. The van der Waals surface area contributed by atoms with Crippen molar-refractivity contribution in [2.75, 3.05) is 19.6 Å². The molecule has 1 N–H and O–H groups in total. The summed E-state index contributed by atoms with van der Waals surface area (Å²) >= 11 is 0. The number of imidazole rings is 1. The number of rotatable bonds is 5. The lowest BCUT2D eigenvalue weighted by molar-refractivity contribution is -0.134. The van der Waals surface area contributed by atoms with Gasteiger partial charge in [0.1, 0.15) is 6.54 Å². The molecule has 3 heterocycles. The second-order valence-corrected chi connectivity index (χ2v) is 6.49. The van der Waals surface area contributed by atoms with Crippen LogP contribution in [0.3, 0.4) is 0 Å². The maximum atomic E-state index is 12.8. The Balaban J connectivity index is 1.99. The van der Waals surface area contributed by atoms with E-state index in [9.17, 15) is 14.4 Å². The third-order valence-corrected chi connectivity index (χ3v) is 4.75. The van der Waals surface area contributed by atoms with Crippen molar-refractivity contribution >= 4 is 17.1 Å². The summed E-state index contributed by atoms with van der Waals surface area (Å²) in [4.78, 5) is 44.0. The van der Waals surface area contributed by atoms with E-state index in [0.29, 0.717) is 17.7 Å². The summed E-state index contributed by atoms with van der Waals surface area (Å²) in [6.45, 7) is 4.01. The van der Waals surface area contributed by atoms with Crippen molar-refractivity contribution in [3.63, 3.8) is 0 Å². The van der Waals surface area contributed by atoms with Crippen molar-refractivity contribution < 1.29 is 4.79 Å². The number of carbonyl (C=O) groups is 1. The minimum atomic E-state index is -0.523. The molecule has 2 aromatic rings. The predicted molar refractivity (Wildman–Crippen MR) is 93.5 cm³/mol. The lowest BCUT2D eigenvalue weighted by Crippen LogP contribution is -2.48. The van der Waals surface area contributed by atoms with Gasteiger partial charge in [0, 0.05) is 33.2 Å². The highest BCUT2D eigenvalue weighted by atomic mass is 16.2. The van der Waals surface area contributed by atoms with E-state index in [4.69, 9.17) is 0 Å². The largest absolute Gasteiger partial charge is 0.337 e. The predicted octanol–water partition coefficient (Wildman–Crippen LogP) is -0.966. The van der Waals surface area contributed by atoms with Gasteiger partial charge < -0.3 is 14.8 Å². The van der Waals surface area contributed by atoms with Gasteiger partial charge in [-0.1, -0.05) is 6.92 Å². The Morgan fingerprint density at radius 1 is 1.40 bits per heavy atom. The van der Waals surface area contributed by atoms with Crippen LogP contribution in [0.2, 0.25) is 0 Å². The van der Waals surface area contributed by atoms with E-state index < -0.39 is 11.2 Å². The highest BCUT2D eigenvalue weighted by Crippen LogP contribution is 2.10. The molecule has 0 aliphatic carbocycles. The summed E-state index contributed by atoms with van der Waals surface area (Å²) < 4.78 is 3.89. The fraction of sp³-hybridized carbons (Fsp3) is 0.625. The zero-order valence-corrected chi connectivity index (χ0v) is 14.9. The molecule has 1 fully saturated rings. The SMILES string of the molecule is CCCN(C(=O)Cn1c(=O)c2c(ncn2C)n(C)c1=O)C1CCNC1. The smallest absolute Gasteiger partial charge is 0.332 e. The number of aryl methyl sites for hydroxylation is 2. The van der Waals surface area contributed by atoms with Crippen molar-refractivity contribution in [1.29, 1.82) is 0 Å². The Kier molecular flexibility index (Phi) is 4.76. The van der Waals surface area contributed by atoms with Crippen LogP contribution in [-0.2, 0) is 25.4 Å². The fourth-order valence-electron chi connectivity index (χ4n) is 3.42. The quantitative estimate of drug-likeness (QED) is 0.751. The normalized spacial score (nSPS) is 17.3. The van der Waals surface area contributed by atoms with Crippen LogP contribution in [0.5, 0.6) is 0 Å². The molecule has 0 aromatic carbocycles. The lowest BCUT2D eigenvalue weighted by atomic mass is 10.2. The summed E-state index contributed by atoms with van der Waals surface area (Å²) in [7, 11) is 3.25. The molecule has 0 radical (unpaired) electrons. The first-order chi connectivity index (χ1) is 12.0. The Morgan fingerprint density at radius 2 is 2.16 bits per heavy atom. The summed E-state index contributed by atoms with van der Waals surface area (Å²) in [6.07, 6.45) is 3.21. The van der Waals surface area contributed by atoms with E-state index in [2.05, 4.69) is 10.3 Å². The highest BCUT2D eigenvalue weighted by molar-refractivity contribution is 5.77. The maximum absolute atomic E-state index is 12.8. The fourth-order valence-corrected chi connectivity index (χ4v) is 3.42. The number of fused-ring (bicyclic) bond motifs is 1. The van der Waals surface area contributed by atoms with E-state index in [0.717, 1.165) is 30.5 Å². The molecule has 1 saturated heterocycles. The van der Waals surface area contributed by atoms with Gasteiger partial charge in [0.15, 0.2) is 11.2 Å². The second-order valence-electron chi connectivity index (χ2n) is 6.49. The van der Waals surface area contributed by atoms with Crippen LogP contribution in [0, 0.1) is 0 Å². The van der Waals surface area contributed by atoms with Gasteiger partial charge in [0.25, 0.3) is 5.56 Å². The van der Waals surface area contributed by atoms with Crippen LogP contribution in [0.1, 0.15) is 19.8 Å². The van der Waals surface area contributed by atoms with Gasteiger partial charge in [-0.3, -0.25) is 14.2 Å². The van der Waals surface area contributed by atoms with E-state index in [1.54, 1.807) is 23.6 Å². The number of aromatic nitrogens is 4. The summed E-state index contributed by atoms with van der Waals surface area (Å²) in [5.74, 6) is -0.198. The average molecular weight is 348 g/mol. The summed E-state index contributed by atoms with van der Waals surface area (Å²) in [6, 6.07) is 0.118. The molecule has 25 heavy (non-hydrogen) atoms. The number of hydrogen-bond acceptors (Lipinski definition) is 5. The van der Waals surface area contributed by atoms with Crippen molar-refractivity contribution in [3.05, 3.63) is 27.2 Å². The van der Waals surface area contributed by atoms with Gasteiger partial charge in [0.05, 0.1) is 6.33 Å². The van der Waals surface area contributed by atoms with E-state index in [-0.39, 0.29) is 18.5 Å². The lowest BCUT2D eigenvalue weighted by Gasteiger charge is -2.28. The molecule has 1 aliphatic rings. The molecule has 9 heteroatoms. The van der Waals surface area contributed by atoms with E-state index >= 15 is 0 Å². The monoisotopic (exact) mass is 348 g/mol. The first kappa shape index (κ1) is 17.4. The van der Waals surface area contributed by atoms with E-state index in [1.165, 1.54) is 10.9 Å². The van der Waals surface area contributed by atoms with Crippen LogP contribution in [0.25, 0.3) is 11.2 Å². The Morgan fingerprint density at radius 3 is 2.80 bits per heavy atom. The molecular weight excluding hydrogens is 324 g/mol. The van der Waals surface area contributed by atoms with Gasteiger partial charge in [0.2, 0.25) is 5.91 Å². The van der Waals surface area contributed by atoms with Crippen molar-refractivity contribution in [2.45, 2.75) is 32.4 Å². The third kappa shape index (κ3) is 2.99. The van der Waals surface area contributed by atoms with Gasteiger partial charge in [-0.25, -0.2) is 14.3 Å². The molecule has 1 aliphatic heterocycles. The molecule has 9 nitrogen and oxygen atoms in total. The molecular formula is C16H24N6O3. The standard InChI is InChI=1S/C16H24N6O3/c1-4-7-21(11-5-6-17-8-11)12(23)9-22-15(24)13-14(18-10-19(13)2)20(3)16(22)25/h10-11,17H,4-9H2,1-3H3. The van der Waals surface area contributed by atoms with Crippen molar-refractivity contribution in [1.82, 2.24) is 28.9 Å². The summed E-state index contributed by atoms with van der Waals surface area (Å²) in [5.41, 5.74) is -0.357. The molecule has 136 valence electrons. The average Bonchev–Trinajstić information content (AvgIpc) is 3.24. The molecule has 3 rings (SSSR count). The number of hydrogen-bond donors (Lipinski definition) is 1. The number of carbonyl (C=O) groups excluding carboxylic acids is 1. The van der Waals surface area contributed by atoms with Gasteiger partial charge in [-0.15, -0.1) is 0 Å². The number of amides is 1. The zero-order valence-electron chi connectivity index (χ0n) is 14.9. The molecule has 0 bridgehead atoms. The third-order valence-electron chi connectivity index (χ3n) is 4.75. The Bertz CT molecular complexity index is 903. The van der Waals surface area contributed by atoms with Crippen LogP contribution < -0.4 is 16.6 Å². The molecule has 1 amide bonds. The number of nitrogens with one attached hydrogen (secondary N) is 1. The summed E-state index contributed by atoms with van der Waals surface area (Å²) in [5, 5.41) is 3.25. The molecule has 0 saturated carbocycles. The van der Waals surface area contributed by atoms with Crippen LogP contribution >= 0.6 is 0 Å². The minimum absolute atomic E-state index is 0.118. The van der Waals surface area contributed by atoms with Gasteiger partial charge in [-0.2, -0.15) is 0 Å². The van der Waals surface area contributed by atoms with Gasteiger partial charge in [-0.05, 0) is 19.4 Å². The molecule has 1 atom stereocenters. The van der Waals surface area contributed by atoms with E-state index in [1.807, 2.05) is 6.92 Å². The zero-order chi connectivity index (χ0) is 18.1. The topological polar surface area (TPSA) is 94.2 Å².